The Labute approximate surface area is 93.6 Å². The fourth-order valence-electron chi connectivity index (χ4n) is 1.41. The van der Waals surface area contributed by atoms with Crippen LogP contribution in [0.1, 0.15) is 19.5 Å². The summed E-state index contributed by atoms with van der Waals surface area (Å²) in [6, 6.07) is 1.56. The molecule has 1 rings (SSSR count). The van der Waals surface area contributed by atoms with Gasteiger partial charge in [-0.05, 0) is 28.7 Å². The summed E-state index contributed by atoms with van der Waals surface area (Å²) >= 11 is 0. The molecule has 0 aliphatic heterocycles. The van der Waals surface area contributed by atoms with Crippen LogP contribution in [-0.2, 0) is 13.0 Å². The van der Waals surface area contributed by atoms with Gasteiger partial charge in [0.1, 0.15) is 0 Å². The highest BCUT2D eigenvalue weighted by Gasteiger charge is 2.06. The SMILES string of the molecule is CCc1cc(=O)n(CC)c(=O)n1PC.FF. The van der Waals surface area contributed by atoms with Crippen molar-refractivity contribution < 1.29 is 9.15 Å². The van der Waals surface area contributed by atoms with Crippen molar-refractivity contribution in [1.29, 1.82) is 0 Å². The van der Waals surface area contributed by atoms with Gasteiger partial charge in [0.15, 0.2) is 0 Å². The fourth-order valence-corrected chi connectivity index (χ4v) is 2.24. The molecule has 92 valence electrons. The number of halogens is 2. The number of hydrogen-bond donors (Lipinski definition) is 0. The number of aryl methyl sites for hydroxylation is 1. The molecule has 1 aromatic rings. The van der Waals surface area contributed by atoms with Crippen LogP contribution in [0.15, 0.2) is 15.7 Å². The first-order valence-corrected chi connectivity index (χ1v) is 6.28. The molecule has 0 spiro atoms. The van der Waals surface area contributed by atoms with Crippen molar-refractivity contribution in [3.8, 4) is 0 Å². The van der Waals surface area contributed by atoms with E-state index in [1.165, 1.54) is 4.57 Å². The van der Waals surface area contributed by atoms with Gasteiger partial charge in [0, 0.05) is 27.5 Å². The Kier molecular flexibility index (Phi) is 6.81. The van der Waals surface area contributed by atoms with Crippen molar-refractivity contribution in [1.82, 2.24) is 8.90 Å². The Morgan fingerprint density at radius 1 is 1.31 bits per heavy atom. The predicted molar refractivity (Wildman–Crippen MR) is 61.9 cm³/mol. The molecule has 1 aromatic heterocycles. The van der Waals surface area contributed by atoms with E-state index in [2.05, 4.69) is 0 Å². The van der Waals surface area contributed by atoms with Crippen molar-refractivity contribution >= 4 is 8.73 Å². The lowest BCUT2D eigenvalue weighted by Gasteiger charge is -2.10. The maximum atomic E-state index is 11.8. The first-order chi connectivity index (χ1) is 7.65. The third-order valence-corrected chi connectivity index (χ3v) is 3.09. The molecule has 0 fully saturated rings. The summed E-state index contributed by atoms with van der Waals surface area (Å²) in [5, 5.41) is 0. The van der Waals surface area contributed by atoms with Gasteiger partial charge >= 0.3 is 5.69 Å². The molecule has 0 aromatic carbocycles. The van der Waals surface area contributed by atoms with Crippen LogP contribution >= 0.6 is 8.73 Å². The molecule has 0 N–H and O–H groups in total. The van der Waals surface area contributed by atoms with E-state index in [1.54, 1.807) is 17.3 Å². The van der Waals surface area contributed by atoms with Crippen LogP contribution < -0.4 is 11.2 Å². The van der Waals surface area contributed by atoms with Gasteiger partial charge in [-0.1, -0.05) is 6.92 Å². The smallest absolute Gasteiger partial charge is 0.279 e. The summed E-state index contributed by atoms with van der Waals surface area (Å²) in [5.41, 5.74) is 0.451. The lowest BCUT2D eigenvalue weighted by Crippen LogP contribution is -2.38. The van der Waals surface area contributed by atoms with Crippen molar-refractivity contribution in [3.63, 3.8) is 0 Å². The van der Waals surface area contributed by atoms with Gasteiger partial charge in [0.25, 0.3) is 5.56 Å². The van der Waals surface area contributed by atoms with E-state index in [9.17, 15) is 9.59 Å². The van der Waals surface area contributed by atoms with Crippen LogP contribution in [0.25, 0.3) is 0 Å². The fraction of sp³-hybridized carbons (Fsp3) is 0.556. The molecule has 1 atom stereocenters. The Bertz CT molecular complexity index is 442. The quantitative estimate of drug-likeness (QED) is 0.765. The summed E-state index contributed by atoms with van der Waals surface area (Å²) in [6.07, 6.45) is 0.718. The van der Waals surface area contributed by atoms with Crippen LogP contribution in [0, 0.1) is 0 Å². The molecule has 0 aliphatic rings. The van der Waals surface area contributed by atoms with Crippen molar-refractivity contribution in [3.05, 3.63) is 32.6 Å². The molecule has 1 heterocycles. The van der Waals surface area contributed by atoms with Gasteiger partial charge in [-0.15, -0.1) is 0 Å². The van der Waals surface area contributed by atoms with E-state index in [-0.39, 0.29) is 11.2 Å². The third kappa shape index (κ3) is 2.98. The highest BCUT2D eigenvalue weighted by Crippen LogP contribution is 2.08. The molecule has 1 unspecified atom stereocenters. The van der Waals surface area contributed by atoms with Gasteiger partial charge in [-0.3, -0.25) is 13.7 Å². The van der Waals surface area contributed by atoms with E-state index in [0.29, 0.717) is 15.3 Å². The van der Waals surface area contributed by atoms with Gasteiger partial charge in [-0.25, -0.2) is 4.79 Å². The summed E-state index contributed by atoms with van der Waals surface area (Å²) in [6.45, 7) is 6.12. The average Bonchev–Trinajstić information content (AvgIpc) is 2.31. The van der Waals surface area contributed by atoms with E-state index in [0.717, 1.165) is 12.1 Å². The molecular formula is C9H15F2N2O2P. The van der Waals surface area contributed by atoms with E-state index >= 15 is 0 Å². The van der Waals surface area contributed by atoms with Crippen LogP contribution in [-0.4, -0.2) is 15.6 Å². The Hall–Kier alpha value is -1.03. The Morgan fingerprint density at radius 2 is 1.88 bits per heavy atom. The van der Waals surface area contributed by atoms with Crippen molar-refractivity contribution in [2.24, 2.45) is 0 Å². The predicted octanol–water partition coefficient (Wildman–Crippen LogP) is 1.50. The number of hydrogen-bond acceptors (Lipinski definition) is 2. The number of nitrogens with zero attached hydrogens (tertiary/aromatic N) is 2. The van der Waals surface area contributed by atoms with Gasteiger partial charge in [0.2, 0.25) is 0 Å². The maximum absolute atomic E-state index is 11.8. The Morgan fingerprint density at radius 3 is 2.25 bits per heavy atom. The average molecular weight is 252 g/mol. The van der Waals surface area contributed by atoms with Crippen molar-refractivity contribution in [2.75, 3.05) is 6.66 Å². The first kappa shape index (κ1) is 15.0. The highest BCUT2D eigenvalue weighted by molar-refractivity contribution is 7.35. The van der Waals surface area contributed by atoms with E-state index < -0.39 is 0 Å². The van der Waals surface area contributed by atoms with E-state index in [1.807, 2.05) is 13.6 Å². The Balaban J connectivity index is 0.00000106. The summed E-state index contributed by atoms with van der Waals surface area (Å²) in [4.78, 5) is 23.2. The molecule has 0 saturated heterocycles. The zero-order valence-electron chi connectivity index (χ0n) is 9.46. The summed E-state index contributed by atoms with van der Waals surface area (Å²) < 4.78 is 18.9. The molecule has 16 heavy (non-hydrogen) atoms. The maximum Gasteiger partial charge on any atom is 0.334 e. The minimum Gasteiger partial charge on any atom is -0.279 e. The first-order valence-electron chi connectivity index (χ1n) is 4.83. The summed E-state index contributed by atoms with van der Waals surface area (Å²) in [5.74, 6) is 0. The van der Waals surface area contributed by atoms with Gasteiger partial charge in [0.05, 0.1) is 0 Å². The van der Waals surface area contributed by atoms with Crippen LogP contribution in [0.2, 0.25) is 0 Å². The van der Waals surface area contributed by atoms with Crippen LogP contribution in [0.5, 0.6) is 0 Å². The number of aromatic nitrogens is 2. The van der Waals surface area contributed by atoms with Gasteiger partial charge in [-0.2, -0.15) is 0 Å². The zero-order chi connectivity index (χ0) is 12.7. The zero-order valence-corrected chi connectivity index (χ0v) is 10.5. The topological polar surface area (TPSA) is 44.0 Å². The van der Waals surface area contributed by atoms with Crippen LogP contribution in [0.3, 0.4) is 0 Å². The minimum atomic E-state index is -0.191. The van der Waals surface area contributed by atoms with Gasteiger partial charge < -0.3 is 0 Å². The lowest BCUT2D eigenvalue weighted by atomic mass is 10.3. The van der Waals surface area contributed by atoms with Crippen molar-refractivity contribution in [2.45, 2.75) is 26.8 Å². The minimum absolute atomic E-state index is 0.183. The van der Waals surface area contributed by atoms with E-state index in [4.69, 9.17) is 9.15 Å². The molecule has 0 amide bonds. The molecule has 7 heteroatoms. The monoisotopic (exact) mass is 252 g/mol. The number of rotatable bonds is 3. The normalized spacial score (nSPS) is 10.3. The standard InChI is InChI=1S/C9H15N2O2P.F2/c1-4-7-6-8(12)10(5-2)9(13)11(7)14-3;1-2/h6,14H,4-5H2,1-3H3;. The summed E-state index contributed by atoms with van der Waals surface area (Å²) in [7, 11) is 0.375. The second kappa shape index (κ2) is 7.28. The highest BCUT2D eigenvalue weighted by atomic mass is 31.1. The largest absolute Gasteiger partial charge is 0.334 e. The second-order valence-electron chi connectivity index (χ2n) is 2.91. The molecular weight excluding hydrogens is 237 g/mol. The lowest BCUT2D eigenvalue weighted by molar-refractivity contribution is 0.108. The second-order valence-corrected chi connectivity index (χ2v) is 3.81. The van der Waals surface area contributed by atoms with Crippen LogP contribution in [0.4, 0.5) is 9.15 Å². The molecule has 0 bridgehead atoms. The molecule has 0 aliphatic carbocycles. The third-order valence-electron chi connectivity index (χ3n) is 2.17. The molecule has 4 nitrogen and oxygen atoms in total. The molecule has 0 radical (unpaired) electrons. The molecule has 0 saturated carbocycles.